The van der Waals surface area contributed by atoms with Crippen LogP contribution in [0.5, 0.6) is 0 Å². The molecule has 0 atom stereocenters. The molecule has 1 aliphatic heterocycles. The van der Waals surface area contributed by atoms with Crippen LogP contribution in [-0.4, -0.2) is 42.0 Å². The number of nitrogens with zero attached hydrogens (tertiary/aromatic N) is 2. The van der Waals surface area contributed by atoms with Gasteiger partial charge in [-0.15, -0.1) is 6.58 Å². The van der Waals surface area contributed by atoms with Gasteiger partial charge in [-0.3, -0.25) is 4.90 Å². The molecule has 1 saturated carbocycles. The highest BCUT2D eigenvalue weighted by Crippen LogP contribution is 2.25. The summed E-state index contributed by atoms with van der Waals surface area (Å²) < 4.78 is 0. The van der Waals surface area contributed by atoms with Crippen LogP contribution >= 0.6 is 0 Å². The fourth-order valence-corrected chi connectivity index (χ4v) is 4.37. The molecule has 0 aromatic heterocycles. The Morgan fingerprint density at radius 3 is 2.54 bits per heavy atom. The van der Waals surface area contributed by atoms with Gasteiger partial charge in [0.15, 0.2) is 0 Å². The van der Waals surface area contributed by atoms with Gasteiger partial charge in [-0.2, -0.15) is 0 Å². The molecule has 2 nitrogen and oxygen atoms in total. The van der Waals surface area contributed by atoms with Gasteiger partial charge in [-0.25, -0.2) is 0 Å². The molecule has 1 aliphatic carbocycles. The monoisotopic (exact) mass is 326 g/mol. The van der Waals surface area contributed by atoms with Crippen LogP contribution in [0.25, 0.3) is 0 Å². The first kappa shape index (κ1) is 17.7. The molecule has 1 saturated heterocycles. The Bertz CT molecular complexity index is 498. The summed E-state index contributed by atoms with van der Waals surface area (Å²) in [6.45, 7) is 9.88. The highest BCUT2D eigenvalue weighted by atomic mass is 15.2. The average molecular weight is 327 g/mol. The molecule has 3 rings (SSSR count). The third-order valence-electron chi connectivity index (χ3n) is 5.75. The van der Waals surface area contributed by atoms with Crippen LogP contribution in [0.3, 0.4) is 0 Å². The summed E-state index contributed by atoms with van der Waals surface area (Å²) in [6.07, 6.45) is 13.0. The van der Waals surface area contributed by atoms with E-state index in [2.05, 4.69) is 46.7 Å². The Morgan fingerprint density at radius 2 is 1.79 bits per heavy atom. The summed E-state index contributed by atoms with van der Waals surface area (Å²) in [7, 11) is 0. The largest absolute Gasteiger partial charge is 0.303 e. The molecule has 0 N–H and O–H groups in total. The lowest BCUT2D eigenvalue weighted by Crippen LogP contribution is -2.33. The van der Waals surface area contributed by atoms with Gasteiger partial charge in [-0.05, 0) is 56.3 Å². The highest BCUT2D eigenvalue weighted by Gasteiger charge is 2.21. The molecule has 1 heterocycles. The smallest absolute Gasteiger partial charge is 0.0240 e. The Morgan fingerprint density at radius 1 is 1.04 bits per heavy atom. The molecule has 2 heteroatoms. The Hall–Kier alpha value is -1.12. The van der Waals surface area contributed by atoms with Gasteiger partial charge >= 0.3 is 0 Å². The maximum atomic E-state index is 3.97. The Kier molecular flexibility index (Phi) is 6.92. The minimum absolute atomic E-state index is 0.764. The van der Waals surface area contributed by atoms with Crippen molar-refractivity contribution in [2.75, 3.05) is 26.2 Å². The summed E-state index contributed by atoms with van der Waals surface area (Å²) in [5, 5.41) is 0. The van der Waals surface area contributed by atoms with E-state index in [4.69, 9.17) is 0 Å². The van der Waals surface area contributed by atoms with Gasteiger partial charge < -0.3 is 4.90 Å². The number of piperidine rings is 1. The van der Waals surface area contributed by atoms with Gasteiger partial charge in [0.1, 0.15) is 0 Å². The van der Waals surface area contributed by atoms with Crippen LogP contribution in [0.2, 0.25) is 0 Å². The maximum Gasteiger partial charge on any atom is 0.0240 e. The van der Waals surface area contributed by atoms with Crippen molar-refractivity contribution in [1.82, 2.24) is 9.80 Å². The zero-order valence-electron chi connectivity index (χ0n) is 15.3. The molecule has 0 spiro atoms. The van der Waals surface area contributed by atoms with E-state index in [9.17, 15) is 0 Å². The van der Waals surface area contributed by atoms with Crippen molar-refractivity contribution in [3.8, 4) is 0 Å². The first-order valence-electron chi connectivity index (χ1n) is 10.0. The van der Waals surface area contributed by atoms with E-state index in [1.54, 1.807) is 0 Å². The molecular weight excluding hydrogens is 292 g/mol. The molecule has 0 bridgehead atoms. The first-order chi connectivity index (χ1) is 11.8. The van der Waals surface area contributed by atoms with Crippen molar-refractivity contribution in [1.29, 1.82) is 0 Å². The number of likely N-dealkylation sites (tertiary alicyclic amines) is 1. The summed E-state index contributed by atoms with van der Waals surface area (Å²) in [6, 6.07) is 10.1. The topological polar surface area (TPSA) is 6.48 Å². The predicted molar refractivity (Wildman–Crippen MR) is 103 cm³/mol. The van der Waals surface area contributed by atoms with Crippen molar-refractivity contribution in [3.63, 3.8) is 0 Å². The zero-order valence-corrected chi connectivity index (χ0v) is 15.3. The molecule has 2 aliphatic rings. The number of rotatable bonds is 8. The van der Waals surface area contributed by atoms with Gasteiger partial charge in [-0.1, -0.05) is 49.6 Å². The average Bonchev–Trinajstić information content (AvgIpc) is 3.16. The zero-order chi connectivity index (χ0) is 16.6. The minimum Gasteiger partial charge on any atom is -0.303 e. The molecule has 0 amide bonds. The molecule has 1 aromatic carbocycles. The summed E-state index contributed by atoms with van der Waals surface area (Å²) in [4.78, 5) is 5.27. The quantitative estimate of drug-likeness (QED) is 0.642. The molecule has 0 radical (unpaired) electrons. The molecular formula is C22H34N2. The summed E-state index contributed by atoms with van der Waals surface area (Å²) in [5.74, 6) is 0. The van der Waals surface area contributed by atoms with Crippen LogP contribution in [-0.2, 0) is 13.0 Å². The van der Waals surface area contributed by atoms with E-state index in [0.29, 0.717) is 0 Å². The lowest BCUT2D eigenvalue weighted by molar-refractivity contribution is 0.211. The van der Waals surface area contributed by atoms with Crippen LogP contribution in [0, 0.1) is 0 Å². The van der Waals surface area contributed by atoms with Gasteiger partial charge in [0.05, 0.1) is 0 Å². The normalized spacial score (nSPS) is 19.9. The van der Waals surface area contributed by atoms with Crippen LogP contribution in [0.1, 0.15) is 56.1 Å². The van der Waals surface area contributed by atoms with Crippen LogP contribution in [0.4, 0.5) is 0 Å². The van der Waals surface area contributed by atoms with Crippen LogP contribution < -0.4 is 0 Å². The van der Waals surface area contributed by atoms with Gasteiger partial charge in [0.2, 0.25) is 0 Å². The molecule has 24 heavy (non-hydrogen) atoms. The molecule has 0 unspecified atom stereocenters. The van der Waals surface area contributed by atoms with Crippen LogP contribution in [0.15, 0.2) is 36.9 Å². The predicted octanol–water partition coefficient (Wildman–Crippen LogP) is 4.65. The van der Waals surface area contributed by atoms with Crippen molar-refractivity contribution >= 4 is 0 Å². The standard InChI is InChI=1S/C22H34N2/c1-2-14-24(22-11-4-5-12-22)19-21-10-8-9-20(18-21)13-17-23-15-6-3-7-16-23/h2,8-10,18,22H,1,3-7,11-17,19H2. The molecule has 2 fully saturated rings. The fourth-order valence-electron chi connectivity index (χ4n) is 4.37. The highest BCUT2D eigenvalue weighted by molar-refractivity contribution is 5.24. The van der Waals surface area contributed by atoms with Crippen molar-refractivity contribution in [2.45, 2.75) is 64.0 Å². The van der Waals surface area contributed by atoms with E-state index >= 15 is 0 Å². The van der Waals surface area contributed by atoms with E-state index in [1.165, 1.54) is 82.1 Å². The Balaban J connectivity index is 1.55. The van der Waals surface area contributed by atoms with Crippen molar-refractivity contribution in [3.05, 3.63) is 48.0 Å². The van der Waals surface area contributed by atoms with Gasteiger partial charge in [0.25, 0.3) is 0 Å². The van der Waals surface area contributed by atoms with E-state index in [-0.39, 0.29) is 0 Å². The fraction of sp³-hybridized carbons (Fsp3) is 0.636. The number of hydrogen-bond acceptors (Lipinski definition) is 2. The van der Waals surface area contributed by atoms with Crippen molar-refractivity contribution < 1.29 is 0 Å². The third kappa shape index (κ3) is 5.19. The van der Waals surface area contributed by atoms with E-state index in [0.717, 1.165) is 19.1 Å². The Labute approximate surface area is 148 Å². The SMILES string of the molecule is C=CCN(Cc1cccc(CCN2CCCCC2)c1)C1CCCC1. The van der Waals surface area contributed by atoms with Crippen molar-refractivity contribution in [2.24, 2.45) is 0 Å². The molecule has 132 valence electrons. The second-order valence-corrected chi connectivity index (χ2v) is 7.63. The lowest BCUT2D eigenvalue weighted by atomic mass is 10.1. The maximum absolute atomic E-state index is 3.97. The number of benzene rings is 1. The number of hydrogen-bond donors (Lipinski definition) is 0. The first-order valence-corrected chi connectivity index (χ1v) is 10.0. The minimum atomic E-state index is 0.764. The van der Waals surface area contributed by atoms with E-state index < -0.39 is 0 Å². The lowest BCUT2D eigenvalue weighted by Gasteiger charge is -2.28. The summed E-state index contributed by atoms with van der Waals surface area (Å²) >= 11 is 0. The second-order valence-electron chi connectivity index (χ2n) is 7.63. The summed E-state index contributed by atoms with van der Waals surface area (Å²) in [5.41, 5.74) is 2.97. The van der Waals surface area contributed by atoms with Gasteiger partial charge in [0, 0.05) is 25.7 Å². The molecule has 1 aromatic rings. The second kappa shape index (κ2) is 9.39. The van der Waals surface area contributed by atoms with E-state index in [1.807, 2.05) is 0 Å². The third-order valence-corrected chi connectivity index (χ3v) is 5.75.